The molecule has 0 unspecified atom stereocenters. The molecule has 2 aromatic carbocycles. The number of anilines is 1. The van der Waals surface area contributed by atoms with E-state index in [4.69, 9.17) is 14.2 Å². The van der Waals surface area contributed by atoms with Gasteiger partial charge in [0.1, 0.15) is 17.2 Å². The highest BCUT2D eigenvalue weighted by molar-refractivity contribution is 6.36. The number of ether oxygens (including phenoxy) is 3. The largest absolute Gasteiger partial charge is 0.497 e. The molecule has 0 radical (unpaired) electrons. The highest BCUT2D eigenvalue weighted by Crippen LogP contribution is 2.35. The van der Waals surface area contributed by atoms with Crippen molar-refractivity contribution in [1.82, 2.24) is 4.90 Å². The van der Waals surface area contributed by atoms with E-state index in [1.165, 1.54) is 12.0 Å². The quantitative estimate of drug-likeness (QED) is 0.639. The third kappa shape index (κ3) is 4.46. The van der Waals surface area contributed by atoms with Gasteiger partial charge in [-0.05, 0) is 31.5 Å². The van der Waals surface area contributed by atoms with E-state index in [2.05, 4.69) is 5.32 Å². The van der Waals surface area contributed by atoms with Gasteiger partial charge in [0, 0.05) is 6.07 Å². The van der Waals surface area contributed by atoms with Gasteiger partial charge < -0.3 is 19.5 Å². The highest BCUT2D eigenvalue weighted by atomic mass is 16.5. The van der Waals surface area contributed by atoms with Crippen molar-refractivity contribution in [3.05, 3.63) is 59.8 Å². The van der Waals surface area contributed by atoms with Gasteiger partial charge in [-0.3, -0.25) is 14.5 Å². The van der Waals surface area contributed by atoms with Gasteiger partial charge in [0.15, 0.2) is 0 Å². The van der Waals surface area contributed by atoms with Crippen LogP contribution in [0.1, 0.15) is 19.4 Å². The molecule has 0 atom stereocenters. The van der Waals surface area contributed by atoms with E-state index in [-0.39, 0.29) is 30.9 Å². The summed E-state index contributed by atoms with van der Waals surface area (Å²) in [4.78, 5) is 27.6. The number of amides is 2. The fraction of sp³-hybridized carbons (Fsp3) is 0.304. The summed E-state index contributed by atoms with van der Waals surface area (Å²) in [7, 11) is 3.09. The Labute approximate surface area is 176 Å². The summed E-state index contributed by atoms with van der Waals surface area (Å²) in [5.41, 5.74) is 1.70. The molecule has 1 N–H and O–H groups in total. The van der Waals surface area contributed by atoms with Crippen molar-refractivity contribution in [2.24, 2.45) is 0 Å². The van der Waals surface area contributed by atoms with E-state index in [0.717, 1.165) is 0 Å². The molecule has 1 aliphatic rings. The number of methoxy groups -OCH3 is 2. The minimum atomic E-state index is -0.406. The van der Waals surface area contributed by atoms with Crippen LogP contribution in [0.2, 0.25) is 0 Å². The lowest BCUT2D eigenvalue weighted by Crippen LogP contribution is -2.35. The molecule has 0 fully saturated rings. The maximum absolute atomic E-state index is 13.2. The molecule has 0 aromatic heterocycles. The van der Waals surface area contributed by atoms with Crippen molar-refractivity contribution in [3.63, 3.8) is 0 Å². The van der Waals surface area contributed by atoms with E-state index < -0.39 is 5.91 Å². The summed E-state index contributed by atoms with van der Waals surface area (Å²) in [5.74, 6) is 0.357. The van der Waals surface area contributed by atoms with E-state index in [0.29, 0.717) is 28.3 Å². The maximum atomic E-state index is 13.2. The van der Waals surface area contributed by atoms with Gasteiger partial charge in [0.2, 0.25) is 0 Å². The van der Waals surface area contributed by atoms with Crippen LogP contribution in [0.25, 0.3) is 5.57 Å². The Morgan fingerprint density at radius 3 is 2.33 bits per heavy atom. The SMILES string of the molecule is COc1ccc(OC)c(NC2=C(c3ccccc3)C(=O)N(CCOC(C)C)C2=O)c1. The Morgan fingerprint density at radius 1 is 0.967 bits per heavy atom. The molecule has 0 bridgehead atoms. The number of hydrogen-bond donors (Lipinski definition) is 1. The average molecular weight is 410 g/mol. The van der Waals surface area contributed by atoms with Crippen LogP contribution in [0.4, 0.5) is 5.69 Å². The number of rotatable bonds is 9. The second-order valence-corrected chi connectivity index (χ2v) is 6.99. The number of hydrogen-bond acceptors (Lipinski definition) is 6. The number of carbonyl (C=O) groups is 2. The van der Waals surface area contributed by atoms with Crippen LogP contribution in [-0.2, 0) is 14.3 Å². The van der Waals surface area contributed by atoms with Crippen LogP contribution in [-0.4, -0.2) is 50.2 Å². The molecular formula is C23H26N2O5. The molecule has 158 valence electrons. The van der Waals surface area contributed by atoms with Crippen LogP contribution in [0, 0.1) is 0 Å². The zero-order valence-electron chi connectivity index (χ0n) is 17.6. The molecule has 2 amide bonds. The Morgan fingerprint density at radius 2 is 1.70 bits per heavy atom. The molecule has 0 saturated heterocycles. The highest BCUT2D eigenvalue weighted by Gasteiger charge is 2.39. The van der Waals surface area contributed by atoms with Crippen LogP contribution in [0.15, 0.2) is 54.2 Å². The number of imide groups is 1. The second kappa shape index (κ2) is 9.45. The molecule has 2 aromatic rings. The van der Waals surface area contributed by atoms with Crippen molar-refractivity contribution < 1.29 is 23.8 Å². The van der Waals surface area contributed by atoms with Crippen molar-refractivity contribution in [2.45, 2.75) is 20.0 Å². The Bertz CT molecular complexity index is 953. The molecule has 0 spiro atoms. The van der Waals surface area contributed by atoms with Crippen LogP contribution in [0.5, 0.6) is 11.5 Å². The molecule has 7 nitrogen and oxygen atoms in total. The molecule has 30 heavy (non-hydrogen) atoms. The lowest BCUT2D eigenvalue weighted by molar-refractivity contribution is -0.137. The molecule has 3 rings (SSSR count). The molecule has 7 heteroatoms. The topological polar surface area (TPSA) is 77.1 Å². The summed E-state index contributed by atoms with van der Waals surface area (Å²) < 4.78 is 16.2. The van der Waals surface area contributed by atoms with E-state index >= 15 is 0 Å². The second-order valence-electron chi connectivity index (χ2n) is 6.99. The minimum absolute atomic E-state index is 0.0120. The van der Waals surface area contributed by atoms with Gasteiger partial charge in [0.05, 0.1) is 44.7 Å². The van der Waals surface area contributed by atoms with Crippen molar-refractivity contribution >= 4 is 23.1 Å². The number of nitrogens with one attached hydrogen (secondary N) is 1. The van der Waals surface area contributed by atoms with Crippen molar-refractivity contribution in [3.8, 4) is 11.5 Å². The first-order valence-electron chi connectivity index (χ1n) is 9.72. The molecule has 0 aliphatic carbocycles. The summed E-state index contributed by atoms with van der Waals surface area (Å²) in [6, 6.07) is 14.3. The Balaban J connectivity index is 2.00. The van der Waals surface area contributed by atoms with Crippen molar-refractivity contribution in [1.29, 1.82) is 0 Å². The zero-order chi connectivity index (χ0) is 21.7. The molecular weight excluding hydrogens is 384 g/mol. The van der Waals surface area contributed by atoms with Crippen LogP contribution < -0.4 is 14.8 Å². The fourth-order valence-corrected chi connectivity index (χ4v) is 3.19. The first-order chi connectivity index (χ1) is 14.5. The van der Waals surface area contributed by atoms with Gasteiger partial charge in [0.25, 0.3) is 11.8 Å². The van der Waals surface area contributed by atoms with E-state index in [9.17, 15) is 9.59 Å². The van der Waals surface area contributed by atoms with Gasteiger partial charge in [-0.2, -0.15) is 0 Å². The van der Waals surface area contributed by atoms with Crippen LogP contribution >= 0.6 is 0 Å². The third-order valence-corrected chi connectivity index (χ3v) is 4.66. The van der Waals surface area contributed by atoms with Gasteiger partial charge in [-0.1, -0.05) is 30.3 Å². The van der Waals surface area contributed by atoms with Gasteiger partial charge in [-0.25, -0.2) is 0 Å². The number of carbonyl (C=O) groups excluding carboxylic acids is 2. The first-order valence-corrected chi connectivity index (χ1v) is 9.72. The molecule has 0 saturated carbocycles. The number of benzene rings is 2. The predicted molar refractivity (Wildman–Crippen MR) is 114 cm³/mol. The van der Waals surface area contributed by atoms with E-state index in [1.807, 2.05) is 32.0 Å². The number of nitrogens with zero attached hydrogens (tertiary/aromatic N) is 1. The maximum Gasteiger partial charge on any atom is 0.278 e. The van der Waals surface area contributed by atoms with Crippen LogP contribution in [0.3, 0.4) is 0 Å². The summed E-state index contributed by atoms with van der Waals surface area (Å²) >= 11 is 0. The average Bonchev–Trinajstić information content (AvgIpc) is 2.98. The van der Waals surface area contributed by atoms with E-state index in [1.54, 1.807) is 37.4 Å². The summed E-state index contributed by atoms with van der Waals surface area (Å²) in [6.45, 7) is 4.26. The molecule has 1 heterocycles. The zero-order valence-corrected chi connectivity index (χ0v) is 17.6. The normalized spacial score (nSPS) is 14.0. The molecule has 1 aliphatic heterocycles. The first kappa shape index (κ1) is 21.4. The standard InChI is InChI=1S/C23H26N2O5/c1-15(2)30-13-12-25-22(26)20(16-8-6-5-7-9-16)21(23(25)27)24-18-14-17(28-3)10-11-19(18)29-4/h5-11,14-15,24H,12-13H2,1-4H3. The smallest absolute Gasteiger partial charge is 0.278 e. The minimum Gasteiger partial charge on any atom is -0.497 e. The Kier molecular flexibility index (Phi) is 6.74. The predicted octanol–water partition coefficient (Wildman–Crippen LogP) is 3.32. The van der Waals surface area contributed by atoms with Gasteiger partial charge >= 0.3 is 0 Å². The summed E-state index contributed by atoms with van der Waals surface area (Å²) in [6.07, 6.45) is 0.0120. The third-order valence-electron chi connectivity index (χ3n) is 4.66. The van der Waals surface area contributed by atoms with Gasteiger partial charge in [-0.15, -0.1) is 0 Å². The lowest BCUT2D eigenvalue weighted by atomic mass is 10.0. The monoisotopic (exact) mass is 410 g/mol. The summed E-state index contributed by atoms with van der Waals surface area (Å²) in [5, 5.41) is 3.11. The lowest BCUT2D eigenvalue weighted by Gasteiger charge is -2.17. The Hall–Kier alpha value is -3.32. The fourth-order valence-electron chi connectivity index (χ4n) is 3.19. The van der Waals surface area contributed by atoms with Crippen molar-refractivity contribution in [2.75, 3.05) is 32.7 Å².